The third-order valence-electron chi connectivity index (χ3n) is 2.74. The summed E-state index contributed by atoms with van der Waals surface area (Å²) in [5, 5.41) is 7.59. The third kappa shape index (κ3) is 2.64. The van der Waals surface area contributed by atoms with E-state index in [9.17, 15) is 13.2 Å². The van der Waals surface area contributed by atoms with Gasteiger partial charge in [-0.15, -0.1) is 21.8 Å². The van der Waals surface area contributed by atoms with Crippen LogP contribution in [0.4, 0.5) is 13.2 Å². The lowest BCUT2D eigenvalue weighted by molar-refractivity contribution is 0.187. The van der Waals surface area contributed by atoms with Crippen molar-refractivity contribution in [1.29, 1.82) is 0 Å². The maximum absolute atomic E-state index is 13.8. The molecule has 4 nitrogen and oxygen atoms in total. The SMILES string of the molecule is COCCn1c(CCl)nnc1-c1ccc(F)c(F)c1F. The van der Waals surface area contributed by atoms with E-state index >= 15 is 0 Å². The fraction of sp³-hybridized carbons (Fsp3) is 0.333. The lowest BCUT2D eigenvalue weighted by atomic mass is 10.2. The Bertz CT molecular complexity index is 618. The first-order valence-electron chi connectivity index (χ1n) is 5.71. The standard InChI is InChI=1S/C12H11ClF3N3O/c1-20-5-4-19-9(6-13)17-18-12(19)7-2-3-8(14)11(16)10(7)15/h2-3H,4-6H2,1H3. The lowest BCUT2D eigenvalue weighted by Gasteiger charge is -2.09. The van der Waals surface area contributed by atoms with Crippen LogP contribution in [0.2, 0.25) is 0 Å². The number of rotatable bonds is 5. The largest absolute Gasteiger partial charge is 0.383 e. The Balaban J connectivity index is 2.52. The summed E-state index contributed by atoms with van der Waals surface area (Å²) in [4.78, 5) is 0. The smallest absolute Gasteiger partial charge is 0.195 e. The quantitative estimate of drug-likeness (QED) is 0.630. The van der Waals surface area contributed by atoms with Gasteiger partial charge in [0, 0.05) is 13.7 Å². The van der Waals surface area contributed by atoms with Crippen LogP contribution < -0.4 is 0 Å². The minimum Gasteiger partial charge on any atom is -0.383 e. The van der Waals surface area contributed by atoms with Gasteiger partial charge in [0.1, 0.15) is 5.82 Å². The molecule has 0 saturated carbocycles. The third-order valence-corrected chi connectivity index (χ3v) is 2.98. The first-order valence-corrected chi connectivity index (χ1v) is 6.24. The van der Waals surface area contributed by atoms with Crippen molar-refractivity contribution in [3.8, 4) is 11.4 Å². The van der Waals surface area contributed by atoms with Crippen LogP contribution >= 0.6 is 11.6 Å². The number of ether oxygens (including phenoxy) is 1. The average Bonchev–Trinajstić information content (AvgIpc) is 2.85. The molecule has 0 N–H and O–H groups in total. The zero-order valence-corrected chi connectivity index (χ0v) is 11.3. The molecular weight excluding hydrogens is 295 g/mol. The van der Waals surface area contributed by atoms with E-state index in [1.54, 1.807) is 0 Å². The molecule has 0 aliphatic heterocycles. The number of aromatic nitrogens is 3. The Kier molecular flexibility index (Phi) is 4.61. The van der Waals surface area contributed by atoms with Gasteiger partial charge in [-0.1, -0.05) is 0 Å². The maximum Gasteiger partial charge on any atom is 0.195 e. The van der Waals surface area contributed by atoms with Gasteiger partial charge in [-0.2, -0.15) is 0 Å². The molecule has 20 heavy (non-hydrogen) atoms. The van der Waals surface area contributed by atoms with Gasteiger partial charge in [0.05, 0.1) is 18.1 Å². The molecule has 0 spiro atoms. The predicted molar refractivity (Wildman–Crippen MR) is 66.8 cm³/mol. The van der Waals surface area contributed by atoms with E-state index in [1.807, 2.05) is 0 Å². The summed E-state index contributed by atoms with van der Waals surface area (Å²) in [5.41, 5.74) is -0.177. The highest BCUT2D eigenvalue weighted by Gasteiger charge is 2.20. The predicted octanol–water partition coefficient (Wildman–Crippen LogP) is 2.75. The van der Waals surface area contributed by atoms with Crippen LogP contribution in [0.5, 0.6) is 0 Å². The molecule has 0 saturated heterocycles. The second kappa shape index (κ2) is 6.23. The normalized spacial score (nSPS) is 11.1. The highest BCUT2D eigenvalue weighted by molar-refractivity contribution is 6.16. The summed E-state index contributed by atoms with van der Waals surface area (Å²) >= 11 is 5.72. The van der Waals surface area contributed by atoms with E-state index in [4.69, 9.17) is 16.3 Å². The molecule has 0 amide bonds. The van der Waals surface area contributed by atoms with Crippen LogP contribution in [0.1, 0.15) is 5.82 Å². The molecule has 8 heteroatoms. The maximum atomic E-state index is 13.8. The number of benzene rings is 1. The minimum atomic E-state index is -1.55. The van der Waals surface area contributed by atoms with E-state index < -0.39 is 17.5 Å². The van der Waals surface area contributed by atoms with E-state index in [1.165, 1.54) is 11.7 Å². The van der Waals surface area contributed by atoms with Crippen LogP contribution in [-0.4, -0.2) is 28.5 Å². The van der Waals surface area contributed by atoms with Crippen LogP contribution in [0, 0.1) is 17.5 Å². The van der Waals surface area contributed by atoms with Crippen LogP contribution in [0.15, 0.2) is 12.1 Å². The molecule has 0 aliphatic carbocycles. The van der Waals surface area contributed by atoms with Crippen molar-refractivity contribution in [3.63, 3.8) is 0 Å². The van der Waals surface area contributed by atoms with Crippen molar-refractivity contribution in [3.05, 3.63) is 35.4 Å². The van der Waals surface area contributed by atoms with Crippen LogP contribution in [-0.2, 0) is 17.2 Å². The minimum absolute atomic E-state index is 0.0575. The first-order chi connectivity index (χ1) is 9.60. The number of nitrogens with zero attached hydrogens (tertiary/aromatic N) is 3. The van der Waals surface area contributed by atoms with Crippen molar-refractivity contribution >= 4 is 11.6 Å². The topological polar surface area (TPSA) is 39.9 Å². The van der Waals surface area contributed by atoms with Gasteiger partial charge in [0.2, 0.25) is 0 Å². The summed E-state index contributed by atoms with van der Waals surface area (Å²) in [5.74, 6) is -3.58. The summed E-state index contributed by atoms with van der Waals surface area (Å²) in [6, 6.07) is 1.95. The van der Waals surface area contributed by atoms with E-state index in [0.717, 1.165) is 12.1 Å². The second-order valence-corrected chi connectivity index (χ2v) is 4.21. The van der Waals surface area contributed by atoms with Gasteiger partial charge in [-0.3, -0.25) is 0 Å². The fourth-order valence-electron chi connectivity index (χ4n) is 1.75. The number of hydrogen-bond donors (Lipinski definition) is 0. The Morgan fingerprint density at radius 3 is 2.60 bits per heavy atom. The summed E-state index contributed by atoms with van der Waals surface area (Å²) < 4.78 is 46.5. The van der Waals surface area contributed by atoms with E-state index in [2.05, 4.69) is 10.2 Å². The van der Waals surface area contributed by atoms with Gasteiger partial charge >= 0.3 is 0 Å². The number of hydrogen-bond acceptors (Lipinski definition) is 3. The number of methoxy groups -OCH3 is 1. The Morgan fingerprint density at radius 2 is 1.95 bits per heavy atom. The molecule has 0 unspecified atom stereocenters. The molecular formula is C12H11ClF3N3O. The molecule has 2 aromatic rings. The monoisotopic (exact) mass is 305 g/mol. The molecule has 1 aromatic carbocycles. The zero-order valence-electron chi connectivity index (χ0n) is 10.5. The lowest BCUT2D eigenvalue weighted by Crippen LogP contribution is -2.10. The van der Waals surface area contributed by atoms with Gasteiger partial charge in [0.15, 0.2) is 23.3 Å². The average molecular weight is 306 g/mol. The van der Waals surface area contributed by atoms with Gasteiger partial charge in [-0.25, -0.2) is 13.2 Å². The molecule has 1 aromatic heterocycles. The summed E-state index contributed by atoms with van der Waals surface area (Å²) in [6.07, 6.45) is 0. The van der Waals surface area contributed by atoms with Crippen molar-refractivity contribution in [2.75, 3.05) is 13.7 Å². The van der Waals surface area contributed by atoms with Gasteiger partial charge in [0.25, 0.3) is 0 Å². The second-order valence-electron chi connectivity index (χ2n) is 3.94. The first kappa shape index (κ1) is 14.8. The Labute approximate surface area is 118 Å². The molecule has 0 aliphatic rings. The molecule has 1 heterocycles. The van der Waals surface area contributed by atoms with Gasteiger partial charge < -0.3 is 9.30 Å². The van der Waals surface area contributed by atoms with Crippen LogP contribution in [0.3, 0.4) is 0 Å². The molecule has 0 bridgehead atoms. The number of halogens is 4. The number of alkyl halides is 1. The van der Waals surface area contributed by atoms with E-state index in [0.29, 0.717) is 19.0 Å². The molecule has 108 valence electrons. The molecule has 2 rings (SSSR count). The Hall–Kier alpha value is -1.60. The van der Waals surface area contributed by atoms with Crippen molar-refractivity contribution < 1.29 is 17.9 Å². The van der Waals surface area contributed by atoms with Crippen molar-refractivity contribution in [2.24, 2.45) is 0 Å². The van der Waals surface area contributed by atoms with E-state index in [-0.39, 0.29) is 17.3 Å². The summed E-state index contributed by atoms with van der Waals surface area (Å²) in [7, 11) is 1.50. The van der Waals surface area contributed by atoms with Gasteiger partial charge in [-0.05, 0) is 12.1 Å². The highest BCUT2D eigenvalue weighted by Crippen LogP contribution is 2.25. The highest BCUT2D eigenvalue weighted by atomic mass is 35.5. The van der Waals surface area contributed by atoms with Crippen molar-refractivity contribution in [2.45, 2.75) is 12.4 Å². The zero-order chi connectivity index (χ0) is 14.7. The van der Waals surface area contributed by atoms with Crippen LogP contribution in [0.25, 0.3) is 11.4 Å². The Morgan fingerprint density at radius 1 is 1.20 bits per heavy atom. The molecule has 0 atom stereocenters. The van der Waals surface area contributed by atoms with Crippen molar-refractivity contribution in [1.82, 2.24) is 14.8 Å². The molecule has 0 fully saturated rings. The molecule has 0 radical (unpaired) electrons. The fourth-order valence-corrected chi connectivity index (χ4v) is 1.95. The summed E-state index contributed by atoms with van der Waals surface area (Å²) in [6.45, 7) is 0.638.